The minimum absolute atomic E-state index is 0.0124. The van der Waals surface area contributed by atoms with Crippen LogP contribution in [-0.4, -0.2) is 67.5 Å². The Balaban J connectivity index is 1.65. The summed E-state index contributed by atoms with van der Waals surface area (Å²) in [7, 11) is 2.94. The van der Waals surface area contributed by atoms with E-state index < -0.39 is 0 Å². The molecule has 1 fully saturated rings. The number of nitrogens with zero attached hydrogens (tertiary/aromatic N) is 2. The van der Waals surface area contributed by atoms with Crippen molar-refractivity contribution in [3.05, 3.63) is 53.3 Å². The Labute approximate surface area is 194 Å². The second-order valence-corrected chi connectivity index (χ2v) is 8.35. The van der Waals surface area contributed by atoms with Gasteiger partial charge in [-0.05, 0) is 50.6 Å². The third-order valence-electron chi connectivity index (χ3n) is 5.94. The number of ketones is 1. The third-order valence-corrected chi connectivity index (χ3v) is 5.94. The summed E-state index contributed by atoms with van der Waals surface area (Å²) in [5, 5.41) is 0. The van der Waals surface area contributed by atoms with Crippen LogP contribution >= 0.6 is 0 Å². The summed E-state index contributed by atoms with van der Waals surface area (Å²) in [4.78, 5) is 28.9. The lowest BCUT2D eigenvalue weighted by atomic mass is 10.1. The van der Waals surface area contributed by atoms with Gasteiger partial charge in [-0.15, -0.1) is 0 Å². The number of ether oxygens (including phenoxy) is 3. The third kappa shape index (κ3) is 5.82. The first kappa shape index (κ1) is 24.5. The second-order valence-electron chi connectivity index (χ2n) is 8.35. The maximum Gasteiger partial charge on any atom is 0.260 e. The fourth-order valence-electron chi connectivity index (χ4n) is 4.03. The van der Waals surface area contributed by atoms with Crippen LogP contribution in [0.5, 0.6) is 17.2 Å². The van der Waals surface area contributed by atoms with Crippen molar-refractivity contribution in [3.63, 3.8) is 0 Å². The fourth-order valence-corrected chi connectivity index (χ4v) is 4.03. The lowest BCUT2D eigenvalue weighted by Gasteiger charge is -2.44. The molecule has 1 heterocycles. The first-order chi connectivity index (χ1) is 15.7. The van der Waals surface area contributed by atoms with E-state index in [1.54, 1.807) is 24.3 Å². The Morgan fingerprint density at radius 3 is 2.15 bits per heavy atom. The zero-order valence-corrected chi connectivity index (χ0v) is 19.8. The molecule has 0 saturated carbocycles. The van der Waals surface area contributed by atoms with Crippen LogP contribution < -0.4 is 14.2 Å². The smallest absolute Gasteiger partial charge is 0.260 e. The number of halogens is 1. The largest absolute Gasteiger partial charge is 0.493 e. The van der Waals surface area contributed by atoms with E-state index in [9.17, 15) is 14.0 Å². The molecule has 0 unspecified atom stereocenters. The molecule has 178 valence electrons. The van der Waals surface area contributed by atoms with Crippen molar-refractivity contribution in [3.8, 4) is 17.2 Å². The zero-order valence-electron chi connectivity index (χ0n) is 19.8. The van der Waals surface area contributed by atoms with Crippen LogP contribution in [-0.2, 0) is 11.3 Å². The summed E-state index contributed by atoms with van der Waals surface area (Å²) in [6.07, 6.45) is 0. The van der Waals surface area contributed by atoms with E-state index in [0.29, 0.717) is 36.7 Å². The standard InChI is InChI=1S/C25H31FN2O5/c1-16-13-28(17(2)12-27(16)14-19-6-8-21(26)9-7-19)24(30)15-33-25-22(31-4)10-20(18(3)29)11-23(25)32-5/h6-11,16-17H,12-15H2,1-5H3/t16-,17+/m1/s1. The van der Waals surface area contributed by atoms with Gasteiger partial charge in [-0.3, -0.25) is 14.5 Å². The van der Waals surface area contributed by atoms with Crippen LogP contribution in [0.1, 0.15) is 36.7 Å². The Bertz CT molecular complexity index is 970. The van der Waals surface area contributed by atoms with E-state index in [4.69, 9.17) is 14.2 Å². The SMILES string of the molecule is COc1cc(C(C)=O)cc(OC)c1OCC(=O)N1C[C@@H](C)N(Cc2ccc(F)cc2)C[C@@H]1C. The molecule has 1 saturated heterocycles. The van der Waals surface area contributed by atoms with Crippen LogP contribution in [0.15, 0.2) is 36.4 Å². The number of methoxy groups -OCH3 is 2. The normalized spacial score (nSPS) is 18.7. The number of amides is 1. The summed E-state index contributed by atoms with van der Waals surface area (Å²) in [6.45, 7) is 7.30. The highest BCUT2D eigenvalue weighted by atomic mass is 19.1. The topological polar surface area (TPSA) is 68.3 Å². The van der Waals surface area contributed by atoms with Crippen molar-refractivity contribution < 1.29 is 28.2 Å². The van der Waals surface area contributed by atoms with E-state index in [1.165, 1.54) is 33.3 Å². The molecule has 2 aromatic rings. The fraction of sp³-hybridized carbons (Fsp3) is 0.440. The van der Waals surface area contributed by atoms with Gasteiger partial charge in [-0.1, -0.05) is 12.1 Å². The van der Waals surface area contributed by atoms with E-state index >= 15 is 0 Å². The molecule has 0 N–H and O–H groups in total. The Morgan fingerprint density at radius 1 is 1.00 bits per heavy atom. The summed E-state index contributed by atoms with van der Waals surface area (Å²) in [6, 6.07) is 9.77. The van der Waals surface area contributed by atoms with Gasteiger partial charge in [0.25, 0.3) is 5.91 Å². The number of hydrogen-bond acceptors (Lipinski definition) is 6. The van der Waals surface area contributed by atoms with E-state index in [0.717, 1.165) is 5.56 Å². The molecular formula is C25H31FN2O5. The number of carbonyl (C=O) groups excluding carboxylic acids is 2. The highest BCUT2D eigenvalue weighted by Gasteiger charge is 2.32. The minimum atomic E-state index is -0.250. The van der Waals surface area contributed by atoms with E-state index in [2.05, 4.69) is 11.8 Å². The number of benzene rings is 2. The number of rotatable bonds is 8. The van der Waals surface area contributed by atoms with Crippen molar-refractivity contribution in [2.45, 2.75) is 39.4 Å². The Morgan fingerprint density at radius 2 is 1.61 bits per heavy atom. The van der Waals surface area contributed by atoms with Gasteiger partial charge in [0.05, 0.1) is 14.2 Å². The van der Waals surface area contributed by atoms with Crippen LogP contribution in [0, 0.1) is 5.82 Å². The number of hydrogen-bond donors (Lipinski definition) is 0. The highest BCUT2D eigenvalue weighted by Crippen LogP contribution is 2.38. The van der Waals surface area contributed by atoms with Gasteiger partial charge < -0.3 is 19.1 Å². The molecule has 0 spiro atoms. The van der Waals surface area contributed by atoms with Gasteiger partial charge in [0.15, 0.2) is 23.9 Å². The molecule has 0 bridgehead atoms. The monoisotopic (exact) mass is 458 g/mol. The van der Waals surface area contributed by atoms with Gasteiger partial charge in [-0.2, -0.15) is 0 Å². The van der Waals surface area contributed by atoms with E-state index in [-0.39, 0.29) is 41.9 Å². The van der Waals surface area contributed by atoms with Crippen molar-refractivity contribution in [1.29, 1.82) is 0 Å². The number of Topliss-reactive ketones (excluding diaryl/α,β-unsaturated/α-hetero) is 1. The molecule has 0 aliphatic carbocycles. The van der Waals surface area contributed by atoms with Crippen molar-refractivity contribution in [2.75, 3.05) is 33.9 Å². The van der Waals surface area contributed by atoms with E-state index in [1.807, 2.05) is 11.8 Å². The van der Waals surface area contributed by atoms with Gasteiger partial charge in [0.2, 0.25) is 5.75 Å². The number of piperazine rings is 1. The maximum absolute atomic E-state index is 13.2. The Hall–Kier alpha value is -3.13. The average molecular weight is 459 g/mol. The first-order valence-electron chi connectivity index (χ1n) is 10.9. The molecule has 0 radical (unpaired) electrons. The second kappa shape index (κ2) is 10.7. The average Bonchev–Trinajstić information content (AvgIpc) is 2.80. The molecule has 1 aliphatic rings. The molecule has 1 aliphatic heterocycles. The molecule has 3 rings (SSSR count). The van der Waals surface area contributed by atoms with Gasteiger partial charge in [0.1, 0.15) is 5.82 Å². The molecule has 1 amide bonds. The molecule has 8 heteroatoms. The van der Waals surface area contributed by atoms with Crippen LogP contribution in [0.2, 0.25) is 0 Å². The van der Waals surface area contributed by atoms with Crippen LogP contribution in [0.4, 0.5) is 4.39 Å². The maximum atomic E-state index is 13.2. The zero-order chi connectivity index (χ0) is 24.1. The number of carbonyl (C=O) groups is 2. The summed E-state index contributed by atoms with van der Waals surface area (Å²) >= 11 is 0. The molecular weight excluding hydrogens is 427 g/mol. The summed E-state index contributed by atoms with van der Waals surface area (Å²) < 4.78 is 29.7. The van der Waals surface area contributed by atoms with Crippen molar-refractivity contribution in [1.82, 2.24) is 9.80 Å². The predicted octanol–water partition coefficient (Wildman–Crippen LogP) is 3.55. The highest BCUT2D eigenvalue weighted by molar-refractivity contribution is 5.95. The molecule has 0 aromatic heterocycles. The quantitative estimate of drug-likeness (QED) is 0.564. The van der Waals surface area contributed by atoms with Crippen LogP contribution in [0.3, 0.4) is 0 Å². The lowest BCUT2D eigenvalue weighted by Crippen LogP contribution is -2.58. The Kier molecular flexibility index (Phi) is 7.92. The summed E-state index contributed by atoms with van der Waals surface area (Å²) in [5.74, 6) is 0.427. The van der Waals surface area contributed by atoms with Crippen LogP contribution in [0.25, 0.3) is 0 Å². The lowest BCUT2D eigenvalue weighted by molar-refractivity contribution is -0.139. The first-order valence-corrected chi connectivity index (χ1v) is 10.9. The molecule has 33 heavy (non-hydrogen) atoms. The van der Waals surface area contributed by atoms with Gasteiger partial charge in [0, 0.05) is 37.3 Å². The van der Waals surface area contributed by atoms with Crippen molar-refractivity contribution >= 4 is 11.7 Å². The predicted molar refractivity (Wildman–Crippen MR) is 122 cm³/mol. The molecule has 7 nitrogen and oxygen atoms in total. The van der Waals surface area contributed by atoms with Crippen molar-refractivity contribution in [2.24, 2.45) is 0 Å². The minimum Gasteiger partial charge on any atom is -0.493 e. The molecule has 2 atom stereocenters. The van der Waals surface area contributed by atoms with Gasteiger partial charge >= 0.3 is 0 Å². The molecule has 2 aromatic carbocycles. The summed E-state index contributed by atoms with van der Waals surface area (Å²) in [5.41, 5.74) is 1.47. The van der Waals surface area contributed by atoms with Gasteiger partial charge in [-0.25, -0.2) is 4.39 Å².